The van der Waals surface area contributed by atoms with Crippen molar-refractivity contribution < 1.29 is 9.47 Å². The third kappa shape index (κ3) is 5.15. The Kier molecular flexibility index (Phi) is 6.36. The van der Waals surface area contributed by atoms with Crippen LogP contribution in [0.5, 0.6) is 0 Å². The summed E-state index contributed by atoms with van der Waals surface area (Å²) in [5.41, 5.74) is 0.883. The van der Waals surface area contributed by atoms with Gasteiger partial charge in [0.1, 0.15) is 11.6 Å². The predicted molar refractivity (Wildman–Crippen MR) is 92.9 cm³/mol. The van der Waals surface area contributed by atoms with Gasteiger partial charge in [-0.15, -0.1) is 0 Å². The molecule has 1 aliphatic heterocycles. The first-order chi connectivity index (χ1) is 10.9. The number of methoxy groups -OCH3 is 1. The van der Waals surface area contributed by atoms with Gasteiger partial charge in [0.15, 0.2) is 0 Å². The highest BCUT2D eigenvalue weighted by Gasteiger charge is 2.24. The molecule has 2 rings (SSSR count). The van der Waals surface area contributed by atoms with E-state index in [1.807, 2.05) is 0 Å². The fourth-order valence-electron chi connectivity index (χ4n) is 2.90. The molecule has 0 spiro atoms. The maximum Gasteiger partial charge on any atom is 0.136 e. The molecule has 0 aliphatic carbocycles. The van der Waals surface area contributed by atoms with Crippen LogP contribution in [0.15, 0.2) is 6.07 Å². The Morgan fingerprint density at radius 2 is 2.09 bits per heavy atom. The molecule has 1 atom stereocenters. The molecular formula is C18H31N3O2. The fourth-order valence-corrected chi connectivity index (χ4v) is 2.90. The second-order valence-corrected chi connectivity index (χ2v) is 7.34. The third-order valence-electron chi connectivity index (χ3n) is 4.13. The van der Waals surface area contributed by atoms with E-state index in [0.717, 1.165) is 43.6 Å². The average molecular weight is 321 g/mol. The van der Waals surface area contributed by atoms with E-state index < -0.39 is 0 Å². The molecule has 2 heterocycles. The molecule has 1 saturated heterocycles. The Labute approximate surface area is 140 Å². The molecule has 0 saturated carbocycles. The van der Waals surface area contributed by atoms with E-state index in [1.165, 1.54) is 12.8 Å². The van der Waals surface area contributed by atoms with Crippen LogP contribution < -0.4 is 4.90 Å². The quantitative estimate of drug-likeness (QED) is 0.805. The van der Waals surface area contributed by atoms with Crippen LogP contribution in [0.3, 0.4) is 0 Å². The van der Waals surface area contributed by atoms with Gasteiger partial charge in [-0.25, -0.2) is 9.97 Å². The van der Waals surface area contributed by atoms with E-state index >= 15 is 0 Å². The lowest BCUT2D eigenvalue weighted by Gasteiger charge is -2.34. The Morgan fingerprint density at radius 1 is 1.30 bits per heavy atom. The summed E-state index contributed by atoms with van der Waals surface area (Å²) in [6, 6.07) is 2.07. The highest BCUT2D eigenvalue weighted by atomic mass is 16.5. The molecule has 1 aromatic rings. The van der Waals surface area contributed by atoms with Crippen LogP contribution in [0.1, 0.15) is 52.1 Å². The van der Waals surface area contributed by atoms with Crippen LogP contribution in [0, 0.1) is 5.92 Å². The molecule has 0 unspecified atom stereocenters. The van der Waals surface area contributed by atoms with Gasteiger partial charge in [0.05, 0.1) is 18.9 Å². The van der Waals surface area contributed by atoms with Crippen molar-refractivity contribution in [1.82, 2.24) is 9.97 Å². The van der Waals surface area contributed by atoms with Crippen molar-refractivity contribution >= 4 is 5.82 Å². The second-order valence-electron chi connectivity index (χ2n) is 7.34. The summed E-state index contributed by atoms with van der Waals surface area (Å²) in [5, 5.41) is 0. The van der Waals surface area contributed by atoms with Crippen molar-refractivity contribution in [2.75, 3.05) is 38.3 Å². The first kappa shape index (κ1) is 18.1. The van der Waals surface area contributed by atoms with Gasteiger partial charge < -0.3 is 14.4 Å². The molecule has 0 bridgehead atoms. The molecule has 130 valence electrons. The molecule has 0 amide bonds. The number of hydrogen-bond donors (Lipinski definition) is 0. The maximum atomic E-state index is 5.62. The lowest BCUT2D eigenvalue weighted by Crippen LogP contribution is -2.38. The summed E-state index contributed by atoms with van der Waals surface area (Å²) >= 11 is 0. The van der Waals surface area contributed by atoms with Gasteiger partial charge in [-0.05, 0) is 25.7 Å². The average Bonchev–Trinajstić information content (AvgIpc) is 2.52. The molecule has 0 aromatic carbocycles. The van der Waals surface area contributed by atoms with Crippen molar-refractivity contribution in [2.24, 2.45) is 5.92 Å². The summed E-state index contributed by atoms with van der Waals surface area (Å²) in [4.78, 5) is 11.9. The summed E-state index contributed by atoms with van der Waals surface area (Å²) in [5.74, 6) is 2.50. The topological polar surface area (TPSA) is 47.5 Å². The number of nitrogens with zero attached hydrogens (tertiary/aromatic N) is 3. The minimum absolute atomic E-state index is 0.0704. The monoisotopic (exact) mass is 321 g/mol. The highest BCUT2D eigenvalue weighted by Crippen LogP contribution is 2.26. The molecule has 23 heavy (non-hydrogen) atoms. The Morgan fingerprint density at radius 3 is 2.74 bits per heavy atom. The molecule has 0 radical (unpaired) electrons. The molecular weight excluding hydrogens is 290 g/mol. The fraction of sp³-hybridized carbons (Fsp3) is 0.778. The number of aromatic nitrogens is 2. The van der Waals surface area contributed by atoms with Crippen molar-refractivity contribution in [1.29, 1.82) is 0 Å². The van der Waals surface area contributed by atoms with E-state index in [2.05, 4.69) is 43.6 Å². The van der Waals surface area contributed by atoms with Crippen molar-refractivity contribution in [3.63, 3.8) is 0 Å². The van der Waals surface area contributed by atoms with Gasteiger partial charge in [0.2, 0.25) is 0 Å². The molecule has 1 aromatic heterocycles. The zero-order chi connectivity index (χ0) is 16.9. The number of anilines is 1. The zero-order valence-electron chi connectivity index (χ0n) is 15.3. The van der Waals surface area contributed by atoms with Crippen molar-refractivity contribution in [2.45, 2.75) is 52.6 Å². The standard InChI is InChI=1S/C18H31N3O2/c1-6-23-12-14-8-7-9-21(11-14)16-10-15(13-22-5)19-17(20-16)18(2,3)4/h10,14H,6-9,11-13H2,1-5H3/t14-/m0/s1. The second kappa shape index (κ2) is 8.06. The first-order valence-corrected chi connectivity index (χ1v) is 8.64. The normalized spacial score (nSPS) is 19.2. The van der Waals surface area contributed by atoms with Crippen LogP contribution in [0.4, 0.5) is 5.82 Å². The lowest BCUT2D eigenvalue weighted by molar-refractivity contribution is 0.104. The van der Waals surface area contributed by atoms with Crippen LogP contribution in [0.2, 0.25) is 0 Å². The van der Waals surface area contributed by atoms with E-state index in [9.17, 15) is 0 Å². The number of ether oxygens (including phenoxy) is 2. The van der Waals surface area contributed by atoms with Gasteiger partial charge in [-0.3, -0.25) is 0 Å². The molecule has 0 N–H and O–H groups in total. The first-order valence-electron chi connectivity index (χ1n) is 8.64. The zero-order valence-corrected chi connectivity index (χ0v) is 15.3. The minimum Gasteiger partial charge on any atom is -0.381 e. The molecule has 1 aliphatic rings. The van der Waals surface area contributed by atoms with E-state index in [4.69, 9.17) is 14.5 Å². The third-order valence-corrected chi connectivity index (χ3v) is 4.13. The van der Waals surface area contributed by atoms with Crippen LogP contribution in [0.25, 0.3) is 0 Å². The molecule has 1 fully saturated rings. The van der Waals surface area contributed by atoms with Gasteiger partial charge in [-0.1, -0.05) is 20.8 Å². The van der Waals surface area contributed by atoms with Gasteiger partial charge in [0, 0.05) is 38.3 Å². The molecule has 5 heteroatoms. The lowest BCUT2D eigenvalue weighted by atomic mass is 9.95. The SMILES string of the molecule is CCOC[C@H]1CCCN(c2cc(COC)nc(C(C)(C)C)n2)C1. The highest BCUT2D eigenvalue weighted by molar-refractivity contribution is 5.41. The van der Waals surface area contributed by atoms with Crippen LogP contribution >= 0.6 is 0 Å². The smallest absolute Gasteiger partial charge is 0.136 e. The minimum atomic E-state index is -0.0704. The summed E-state index contributed by atoms with van der Waals surface area (Å²) < 4.78 is 10.9. The Balaban J connectivity index is 2.21. The van der Waals surface area contributed by atoms with Crippen LogP contribution in [-0.2, 0) is 21.5 Å². The van der Waals surface area contributed by atoms with Gasteiger partial charge in [0.25, 0.3) is 0 Å². The summed E-state index contributed by atoms with van der Waals surface area (Å²) in [6.45, 7) is 12.7. The number of piperidine rings is 1. The Hall–Kier alpha value is -1.20. The van der Waals surface area contributed by atoms with E-state index in [1.54, 1.807) is 7.11 Å². The van der Waals surface area contributed by atoms with Crippen LogP contribution in [-0.4, -0.2) is 43.4 Å². The number of hydrogen-bond acceptors (Lipinski definition) is 5. The van der Waals surface area contributed by atoms with Gasteiger partial charge >= 0.3 is 0 Å². The molecule has 5 nitrogen and oxygen atoms in total. The van der Waals surface area contributed by atoms with E-state index in [0.29, 0.717) is 12.5 Å². The maximum absolute atomic E-state index is 5.62. The largest absolute Gasteiger partial charge is 0.381 e. The summed E-state index contributed by atoms with van der Waals surface area (Å²) in [7, 11) is 1.71. The van der Waals surface area contributed by atoms with Crippen molar-refractivity contribution in [3.05, 3.63) is 17.6 Å². The predicted octanol–water partition coefficient (Wildman–Crippen LogP) is 3.17. The van der Waals surface area contributed by atoms with Gasteiger partial charge in [-0.2, -0.15) is 0 Å². The Bertz CT molecular complexity index is 500. The summed E-state index contributed by atoms with van der Waals surface area (Å²) in [6.07, 6.45) is 2.42. The number of rotatable bonds is 6. The van der Waals surface area contributed by atoms with E-state index in [-0.39, 0.29) is 5.41 Å². The van der Waals surface area contributed by atoms with Crippen molar-refractivity contribution in [3.8, 4) is 0 Å².